The summed E-state index contributed by atoms with van der Waals surface area (Å²) in [6.07, 6.45) is 8.69. The Morgan fingerprint density at radius 3 is 1.57 bits per heavy atom. The number of amides is 2. The van der Waals surface area contributed by atoms with Crippen LogP contribution in [0.25, 0.3) is 0 Å². The molecule has 0 spiro atoms. The van der Waals surface area contributed by atoms with Crippen LogP contribution >= 0.6 is 0 Å². The van der Waals surface area contributed by atoms with Gasteiger partial charge in [-0.1, -0.05) is 12.1 Å². The zero-order chi connectivity index (χ0) is 21.0. The molecule has 30 heavy (non-hydrogen) atoms. The van der Waals surface area contributed by atoms with E-state index in [0.29, 0.717) is 26.2 Å². The van der Waals surface area contributed by atoms with Crippen LogP contribution < -0.4 is 10.6 Å². The summed E-state index contributed by atoms with van der Waals surface area (Å²) in [5.41, 5.74) is 2.23. The van der Waals surface area contributed by atoms with Gasteiger partial charge >= 0.3 is 0 Å². The van der Waals surface area contributed by atoms with Gasteiger partial charge in [0.2, 0.25) is 11.8 Å². The third-order valence-electron chi connectivity index (χ3n) is 5.12. The van der Waals surface area contributed by atoms with Gasteiger partial charge in [-0.15, -0.1) is 0 Å². The minimum atomic E-state index is 0.0421. The third kappa shape index (κ3) is 7.88. The number of rotatable bonds is 10. The van der Waals surface area contributed by atoms with E-state index in [1.165, 1.54) is 0 Å². The molecule has 1 aliphatic heterocycles. The summed E-state index contributed by atoms with van der Waals surface area (Å²) in [6, 6.07) is 7.82. The van der Waals surface area contributed by atoms with E-state index >= 15 is 0 Å². The molecule has 0 atom stereocenters. The highest BCUT2D eigenvalue weighted by atomic mass is 16.2. The number of hydrogen-bond acceptors (Lipinski definition) is 6. The standard InChI is InChI=1S/C22H30N6O2/c29-21(25-9-5-19-3-1-7-23-15-19)17-27-11-13-28(14-12-27)18-22(30)26-10-6-20-4-2-8-24-16-20/h1-4,7-8,15-16H,5-6,9-14,17-18H2,(H,25,29)(H,26,30). The number of hydrogen-bond donors (Lipinski definition) is 2. The first-order chi connectivity index (χ1) is 14.7. The number of nitrogens with one attached hydrogen (secondary N) is 2. The van der Waals surface area contributed by atoms with E-state index in [2.05, 4.69) is 30.4 Å². The van der Waals surface area contributed by atoms with E-state index in [1.807, 2.05) is 36.7 Å². The Hall–Kier alpha value is -2.84. The molecule has 0 aliphatic carbocycles. The second-order valence-electron chi connectivity index (χ2n) is 7.47. The monoisotopic (exact) mass is 410 g/mol. The highest BCUT2D eigenvalue weighted by molar-refractivity contribution is 5.78. The van der Waals surface area contributed by atoms with Crippen molar-refractivity contribution in [3.8, 4) is 0 Å². The molecule has 2 amide bonds. The van der Waals surface area contributed by atoms with Crippen LogP contribution in [0, 0.1) is 0 Å². The second-order valence-corrected chi connectivity index (χ2v) is 7.47. The Morgan fingerprint density at radius 2 is 1.20 bits per heavy atom. The van der Waals surface area contributed by atoms with E-state index in [1.54, 1.807) is 12.4 Å². The molecule has 1 saturated heterocycles. The van der Waals surface area contributed by atoms with E-state index in [4.69, 9.17) is 0 Å². The van der Waals surface area contributed by atoms with Gasteiger partial charge in [0.1, 0.15) is 0 Å². The average Bonchev–Trinajstić information content (AvgIpc) is 2.77. The molecule has 8 nitrogen and oxygen atoms in total. The van der Waals surface area contributed by atoms with Gasteiger partial charge in [0.25, 0.3) is 0 Å². The lowest BCUT2D eigenvalue weighted by atomic mass is 10.2. The van der Waals surface area contributed by atoms with Crippen molar-refractivity contribution in [3.05, 3.63) is 60.2 Å². The molecule has 0 aromatic carbocycles. The molecular formula is C22H30N6O2. The number of pyridine rings is 2. The molecule has 1 fully saturated rings. The predicted molar refractivity (Wildman–Crippen MR) is 115 cm³/mol. The Labute approximate surface area is 177 Å². The Kier molecular flexibility index (Phi) is 8.74. The molecule has 0 saturated carbocycles. The van der Waals surface area contributed by atoms with Gasteiger partial charge in [-0.25, -0.2) is 0 Å². The number of piperazine rings is 1. The number of carbonyl (C=O) groups is 2. The quantitative estimate of drug-likeness (QED) is 0.578. The van der Waals surface area contributed by atoms with Gasteiger partial charge in [-0.2, -0.15) is 0 Å². The van der Waals surface area contributed by atoms with Gasteiger partial charge in [0.05, 0.1) is 13.1 Å². The minimum absolute atomic E-state index is 0.0421. The Balaban J connectivity index is 1.25. The fourth-order valence-corrected chi connectivity index (χ4v) is 3.41. The molecule has 3 rings (SSSR count). The van der Waals surface area contributed by atoms with Crippen LogP contribution in [-0.4, -0.2) is 83.9 Å². The molecule has 1 aliphatic rings. The van der Waals surface area contributed by atoms with Crippen LogP contribution in [0.4, 0.5) is 0 Å². The first-order valence-electron chi connectivity index (χ1n) is 10.4. The largest absolute Gasteiger partial charge is 0.355 e. The Bertz CT molecular complexity index is 711. The van der Waals surface area contributed by atoms with Gasteiger partial charge in [-0.3, -0.25) is 29.4 Å². The van der Waals surface area contributed by atoms with Crippen molar-refractivity contribution >= 4 is 11.8 Å². The van der Waals surface area contributed by atoms with Gasteiger partial charge < -0.3 is 10.6 Å². The van der Waals surface area contributed by atoms with Crippen molar-refractivity contribution in [2.75, 3.05) is 52.4 Å². The SMILES string of the molecule is O=C(CN1CCN(CC(=O)NCCc2cccnc2)CC1)NCCc1cccnc1. The second kappa shape index (κ2) is 12.0. The minimum Gasteiger partial charge on any atom is -0.355 e. The van der Waals surface area contributed by atoms with Gasteiger partial charge in [0, 0.05) is 64.1 Å². The van der Waals surface area contributed by atoms with E-state index < -0.39 is 0 Å². The van der Waals surface area contributed by atoms with Crippen LogP contribution in [0.15, 0.2) is 49.1 Å². The maximum Gasteiger partial charge on any atom is 0.234 e. The molecule has 2 aromatic rings. The molecule has 2 aromatic heterocycles. The number of carbonyl (C=O) groups excluding carboxylic acids is 2. The summed E-state index contributed by atoms with van der Waals surface area (Å²) in [5, 5.41) is 5.94. The van der Waals surface area contributed by atoms with E-state index in [-0.39, 0.29) is 11.8 Å². The lowest BCUT2D eigenvalue weighted by Gasteiger charge is -2.33. The van der Waals surface area contributed by atoms with Crippen LogP contribution in [0.3, 0.4) is 0 Å². The lowest BCUT2D eigenvalue weighted by Crippen LogP contribution is -2.51. The Morgan fingerprint density at radius 1 is 0.767 bits per heavy atom. The van der Waals surface area contributed by atoms with E-state index in [9.17, 15) is 9.59 Å². The fourth-order valence-electron chi connectivity index (χ4n) is 3.41. The van der Waals surface area contributed by atoms with Crippen molar-refractivity contribution in [1.82, 2.24) is 30.4 Å². The van der Waals surface area contributed by atoms with E-state index in [0.717, 1.165) is 50.1 Å². The summed E-state index contributed by atoms with van der Waals surface area (Å²) in [6.45, 7) is 5.19. The van der Waals surface area contributed by atoms with Crippen molar-refractivity contribution in [2.45, 2.75) is 12.8 Å². The fraction of sp³-hybridized carbons (Fsp3) is 0.455. The van der Waals surface area contributed by atoms with Crippen LogP contribution in [-0.2, 0) is 22.4 Å². The normalized spacial score (nSPS) is 14.9. The molecule has 3 heterocycles. The molecular weight excluding hydrogens is 380 g/mol. The van der Waals surface area contributed by atoms with Crippen LogP contribution in [0.1, 0.15) is 11.1 Å². The average molecular weight is 411 g/mol. The maximum atomic E-state index is 12.1. The summed E-state index contributed by atoms with van der Waals surface area (Å²) in [5.74, 6) is 0.0842. The summed E-state index contributed by atoms with van der Waals surface area (Å²) < 4.78 is 0. The van der Waals surface area contributed by atoms with Crippen molar-refractivity contribution in [2.24, 2.45) is 0 Å². The van der Waals surface area contributed by atoms with Crippen molar-refractivity contribution in [3.63, 3.8) is 0 Å². The molecule has 160 valence electrons. The maximum absolute atomic E-state index is 12.1. The molecule has 8 heteroatoms. The van der Waals surface area contributed by atoms with Crippen molar-refractivity contribution < 1.29 is 9.59 Å². The highest BCUT2D eigenvalue weighted by Crippen LogP contribution is 2.02. The highest BCUT2D eigenvalue weighted by Gasteiger charge is 2.20. The molecule has 0 unspecified atom stereocenters. The summed E-state index contributed by atoms with van der Waals surface area (Å²) in [7, 11) is 0. The van der Waals surface area contributed by atoms with Crippen LogP contribution in [0.5, 0.6) is 0 Å². The zero-order valence-electron chi connectivity index (χ0n) is 17.3. The van der Waals surface area contributed by atoms with Crippen LogP contribution in [0.2, 0.25) is 0 Å². The third-order valence-corrected chi connectivity index (χ3v) is 5.12. The van der Waals surface area contributed by atoms with Gasteiger partial charge in [-0.05, 0) is 36.1 Å². The topological polar surface area (TPSA) is 90.5 Å². The zero-order valence-corrected chi connectivity index (χ0v) is 17.3. The van der Waals surface area contributed by atoms with Crippen molar-refractivity contribution in [1.29, 1.82) is 0 Å². The number of nitrogens with zero attached hydrogens (tertiary/aromatic N) is 4. The lowest BCUT2D eigenvalue weighted by molar-refractivity contribution is -0.125. The smallest absolute Gasteiger partial charge is 0.234 e. The molecule has 2 N–H and O–H groups in total. The first kappa shape index (κ1) is 21.9. The first-order valence-corrected chi connectivity index (χ1v) is 10.4. The molecule has 0 radical (unpaired) electrons. The van der Waals surface area contributed by atoms with Gasteiger partial charge in [0.15, 0.2) is 0 Å². The predicted octanol–water partition coefficient (Wildman–Crippen LogP) is 0.112. The summed E-state index contributed by atoms with van der Waals surface area (Å²) in [4.78, 5) is 36.7. The number of aromatic nitrogens is 2. The molecule has 0 bridgehead atoms. The summed E-state index contributed by atoms with van der Waals surface area (Å²) >= 11 is 0.